The second-order valence-corrected chi connectivity index (χ2v) is 4.85. The molecule has 0 aliphatic heterocycles. The van der Waals surface area contributed by atoms with Gasteiger partial charge >= 0.3 is 18.1 Å². The first kappa shape index (κ1) is 16.5. The highest BCUT2D eigenvalue weighted by atomic mass is 19.4. The molecular weight excluding hydrogens is 313 g/mol. The largest absolute Gasteiger partial charge is 0.478 e. The molecule has 0 saturated carbocycles. The van der Waals surface area contributed by atoms with Crippen LogP contribution in [0.25, 0.3) is 11.1 Å². The molecule has 2 rings (SSSR count). The number of hydrogen-bond acceptors (Lipinski definition) is 2. The van der Waals surface area contributed by atoms with Gasteiger partial charge in [-0.15, -0.1) is 0 Å². The van der Waals surface area contributed by atoms with Gasteiger partial charge in [0.1, 0.15) is 0 Å². The summed E-state index contributed by atoms with van der Waals surface area (Å²) in [6.45, 7) is 1.34. The van der Waals surface area contributed by atoms with Gasteiger partial charge in [0.15, 0.2) is 0 Å². The fourth-order valence-electron chi connectivity index (χ4n) is 2.30. The smallest absolute Gasteiger partial charge is 0.417 e. The first-order chi connectivity index (χ1) is 10.6. The van der Waals surface area contributed by atoms with E-state index in [0.29, 0.717) is 0 Å². The van der Waals surface area contributed by atoms with Crippen molar-refractivity contribution in [1.29, 1.82) is 0 Å². The fourth-order valence-corrected chi connectivity index (χ4v) is 2.30. The maximum atomic E-state index is 13.2. The Morgan fingerprint density at radius 1 is 0.957 bits per heavy atom. The second-order valence-electron chi connectivity index (χ2n) is 4.85. The van der Waals surface area contributed by atoms with Gasteiger partial charge in [0, 0.05) is 0 Å². The Labute approximate surface area is 128 Å². The molecule has 0 unspecified atom stereocenters. The minimum Gasteiger partial charge on any atom is -0.478 e. The van der Waals surface area contributed by atoms with E-state index in [1.807, 2.05) is 0 Å². The summed E-state index contributed by atoms with van der Waals surface area (Å²) in [4.78, 5) is 22.4. The zero-order valence-electron chi connectivity index (χ0n) is 11.8. The molecule has 2 N–H and O–H groups in total. The number of rotatable bonds is 3. The Morgan fingerprint density at radius 3 is 2.09 bits per heavy atom. The van der Waals surface area contributed by atoms with Gasteiger partial charge in [-0.3, -0.25) is 0 Å². The Morgan fingerprint density at radius 2 is 1.57 bits per heavy atom. The Hall–Kier alpha value is -2.83. The molecule has 0 saturated heterocycles. The van der Waals surface area contributed by atoms with Crippen LogP contribution in [0.5, 0.6) is 0 Å². The summed E-state index contributed by atoms with van der Waals surface area (Å²) in [5, 5.41) is 18.2. The van der Waals surface area contributed by atoms with Gasteiger partial charge in [-0.2, -0.15) is 13.2 Å². The lowest BCUT2D eigenvalue weighted by Crippen LogP contribution is -2.10. The van der Waals surface area contributed by atoms with E-state index in [0.717, 1.165) is 18.2 Å². The van der Waals surface area contributed by atoms with Gasteiger partial charge in [0.25, 0.3) is 0 Å². The molecule has 0 aliphatic rings. The molecule has 4 nitrogen and oxygen atoms in total. The zero-order chi connectivity index (χ0) is 17.4. The average molecular weight is 324 g/mol. The van der Waals surface area contributed by atoms with Crippen molar-refractivity contribution >= 4 is 11.9 Å². The van der Waals surface area contributed by atoms with Crippen molar-refractivity contribution in [2.45, 2.75) is 13.1 Å². The second kappa shape index (κ2) is 5.75. The van der Waals surface area contributed by atoms with Crippen LogP contribution in [0.3, 0.4) is 0 Å². The summed E-state index contributed by atoms with van der Waals surface area (Å²) in [5.74, 6) is -2.82. The standard InChI is InChI=1S/C16H11F3O4/c1-8-11(6-9(14(20)21)7-12(8)15(22)23)10-4-2-3-5-13(10)16(17,18)19/h2-7H,1H3,(H,20,21)(H,22,23). The van der Waals surface area contributed by atoms with Crippen LogP contribution in [0.2, 0.25) is 0 Å². The molecule has 2 aromatic carbocycles. The molecule has 0 heterocycles. The molecule has 0 bridgehead atoms. The maximum absolute atomic E-state index is 13.2. The lowest BCUT2D eigenvalue weighted by atomic mass is 9.91. The quantitative estimate of drug-likeness (QED) is 0.892. The lowest BCUT2D eigenvalue weighted by molar-refractivity contribution is -0.137. The fraction of sp³-hybridized carbons (Fsp3) is 0.125. The van der Waals surface area contributed by atoms with Gasteiger partial charge in [-0.05, 0) is 41.8 Å². The number of carboxylic acid groups (broad SMARTS) is 2. The molecule has 23 heavy (non-hydrogen) atoms. The van der Waals surface area contributed by atoms with Crippen molar-refractivity contribution < 1.29 is 33.0 Å². The van der Waals surface area contributed by atoms with Crippen molar-refractivity contribution in [3.63, 3.8) is 0 Å². The van der Waals surface area contributed by atoms with E-state index >= 15 is 0 Å². The van der Waals surface area contributed by atoms with E-state index in [4.69, 9.17) is 10.2 Å². The van der Waals surface area contributed by atoms with E-state index in [-0.39, 0.29) is 27.8 Å². The first-order valence-corrected chi connectivity index (χ1v) is 6.40. The van der Waals surface area contributed by atoms with E-state index in [1.165, 1.54) is 25.1 Å². The summed E-state index contributed by atoms with van der Waals surface area (Å²) in [6, 6.07) is 6.61. The molecule has 0 fully saturated rings. The van der Waals surface area contributed by atoms with E-state index in [1.54, 1.807) is 0 Å². The van der Waals surface area contributed by atoms with Crippen molar-refractivity contribution in [2.75, 3.05) is 0 Å². The van der Waals surface area contributed by atoms with Crippen molar-refractivity contribution in [2.24, 2.45) is 0 Å². The van der Waals surface area contributed by atoms with Crippen molar-refractivity contribution in [3.05, 3.63) is 58.7 Å². The molecule has 0 aromatic heterocycles. The third kappa shape index (κ3) is 3.18. The van der Waals surface area contributed by atoms with E-state index < -0.39 is 23.7 Å². The molecular formula is C16H11F3O4. The summed E-state index contributed by atoms with van der Waals surface area (Å²) >= 11 is 0. The van der Waals surface area contributed by atoms with Gasteiger partial charge < -0.3 is 10.2 Å². The Bertz CT molecular complexity index is 794. The van der Waals surface area contributed by atoms with Crippen LogP contribution in [0.15, 0.2) is 36.4 Å². The molecule has 0 amide bonds. The number of carbonyl (C=O) groups is 2. The van der Waals surface area contributed by atoms with Crippen molar-refractivity contribution in [3.8, 4) is 11.1 Å². The van der Waals surface area contributed by atoms with Crippen LogP contribution < -0.4 is 0 Å². The van der Waals surface area contributed by atoms with Crippen LogP contribution in [-0.2, 0) is 6.18 Å². The first-order valence-electron chi connectivity index (χ1n) is 6.40. The SMILES string of the molecule is Cc1c(C(=O)O)cc(C(=O)O)cc1-c1ccccc1C(F)(F)F. The highest BCUT2D eigenvalue weighted by molar-refractivity contribution is 5.98. The van der Waals surface area contributed by atoms with Crippen LogP contribution in [0, 0.1) is 6.92 Å². The monoisotopic (exact) mass is 324 g/mol. The Kier molecular flexibility index (Phi) is 4.14. The number of alkyl halides is 3. The summed E-state index contributed by atoms with van der Waals surface area (Å²) < 4.78 is 39.5. The lowest BCUT2D eigenvalue weighted by Gasteiger charge is -2.16. The van der Waals surface area contributed by atoms with Gasteiger partial charge in [0.05, 0.1) is 16.7 Å². The number of halogens is 3. The highest BCUT2D eigenvalue weighted by Crippen LogP contribution is 2.39. The molecule has 0 aliphatic carbocycles. The summed E-state index contributed by atoms with van der Waals surface area (Å²) in [5.41, 5.74) is -1.96. The van der Waals surface area contributed by atoms with Crippen LogP contribution in [0.1, 0.15) is 31.8 Å². The normalized spacial score (nSPS) is 11.3. The minimum absolute atomic E-state index is 0.0687. The summed E-state index contributed by atoms with van der Waals surface area (Å²) in [7, 11) is 0. The van der Waals surface area contributed by atoms with E-state index in [9.17, 15) is 22.8 Å². The van der Waals surface area contributed by atoms with Gasteiger partial charge in [-0.1, -0.05) is 18.2 Å². The summed E-state index contributed by atoms with van der Waals surface area (Å²) in [6.07, 6.45) is -4.65. The molecule has 7 heteroatoms. The molecule has 0 radical (unpaired) electrons. The third-order valence-electron chi connectivity index (χ3n) is 3.41. The average Bonchev–Trinajstić information content (AvgIpc) is 2.46. The van der Waals surface area contributed by atoms with Gasteiger partial charge in [0.2, 0.25) is 0 Å². The molecule has 0 atom stereocenters. The highest BCUT2D eigenvalue weighted by Gasteiger charge is 2.34. The predicted octanol–water partition coefficient (Wildman–Crippen LogP) is 4.08. The Balaban J connectivity index is 2.84. The van der Waals surface area contributed by atoms with Gasteiger partial charge in [-0.25, -0.2) is 9.59 Å². The number of aromatic carboxylic acids is 2. The third-order valence-corrected chi connectivity index (χ3v) is 3.41. The predicted molar refractivity (Wildman–Crippen MR) is 75.5 cm³/mol. The molecule has 0 spiro atoms. The number of carboxylic acids is 2. The zero-order valence-corrected chi connectivity index (χ0v) is 11.8. The van der Waals surface area contributed by atoms with Crippen molar-refractivity contribution in [1.82, 2.24) is 0 Å². The number of benzene rings is 2. The molecule has 120 valence electrons. The maximum Gasteiger partial charge on any atom is 0.417 e. The topological polar surface area (TPSA) is 74.6 Å². The minimum atomic E-state index is -4.65. The molecule has 2 aromatic rings. The van der Waals surface area contributed by atoms with Crippen LogP contribution in [0.4, 0.5) is 13.2 Å². The van der Waals surface area contributed by atoms with Crippen LogP contribution in [-0.4, -0.2) is 22.2 Å². The number of hydrogen-bond donors (Lipinski definition) is 2. The van der Waals surface area contributed by atoms with Crippen LogP contribution >= 0.6 is 0 Å². The van der Waals surface area contributed by atoms with E-state index in [2.05, 4.69) is 0 Å².